The maximum Gasteiger partial charge on any atom is 0.251 e. The SMILES string of the molecule is O=C(NC(c1cccnc1)C1CCOCC1)c1ccc2[nH]ccc2c1. The number of pyridine rings is 1. The first-order valence-corrected chi connectivity index (χ1v) is 8.67. The summed E-state index contributed by atoms with van der Waals surface area (Å²) in [6.45, 7) is 1.49. The van der Waals surface area contributed by atoms with Crippen LogP contribution in [0.1, 0.15) is 34.8 Å². The van der Waals surface area contributed by atoms with Crippen molar-refractivity contribution in [3.63, 3.8) is 0 Å². The molecule has 5 heteroatoms. The van der Waals surface area contributed by atoms with E-state index in [0.717, 1.165) is 42.5 Å². The predicted molar refractivity (Wildman–Crippen MR) is 96.3 cm³/mol. The molecule has 0 bridgehead atoms. The van der Waals surface area contributed by atoms with Gasteiger partial charge < -0.3 is 15.0 Å². The molecule has 0 spiro atoms. The summed E-state index contributed by atoms with van der Waals surface area (Å²) in [5.74, 6) is 0.307. The van der Waals surface area contributed by atoms with Crippen molar-refractivity contribution >= 4 is 16.8 Å². The molecule has 1 amide bonds. The van der Waals surface area contributed by atoms with Crippen molar-refractivity contribution in [1.82, 2.24) is 15.3 Å². The first-order chi connectivity index (χ1) is 12.3. The number of aromatic amines is 1. The number of benzene rings is 1. The Hall–Kier alpha value is -2.66. The summed E-state index contributed by atoms with van der Waals surface area (Å²) >= 11 is 0. The number of fused-ring (bicyclic) bond motifs is 1. The molecule has 128 valence electrons. The van der Waals surface area contributed by atoms with Gasteiger partial charge in [0, 0.05) is 48.3 Å². The average molecular weight is 335 g/mol. The van der Waals surface area contributed by atoms with Gasteiger partial charge in [-0.2, -0.15) is 0 Å². The summed E-state index contributed by atoms with van der Waals surface area (Å²) in [6.07, 6.45) is 7.36. The highest BCUT2D eigenvalue weighted by Crippen LogP contribution is 2.30. The molecule has 0 radical (unpaired) electrons. The van der Waals surface area contributed by atoms with Crippen molar-refractivity contribution in [2.75, 3.05) is 13.2 Å². The van der Waals surface area contributed by atoms with E-state index >= 15 is 0 Å². The zero-order valence-corrected chi connectivity index (χ0v) is 13.9. The van der Waals surface area contributed by atoms with Gasteiger partial charge in [0.2, 0.25) is 0 Å². The normalized spacial score (nSPS) is 16.6. The standard InChI is InChI=1S/C20H21N3O2/c24-20(16-3-4-18-15(12-16)5-9-22-18)23-19(14-6-10-25-11-7-14)17-2-1-8-21-13-17/h1-5,8-9,12-14,19,22H,6-7,10-11H2,(H,23,24). The molecule has 0 aliphatic carbocycles. The molecule has 2 N–H and O–H groups in total. The molecule has 1 aromatic carbocycles. The number of carbonyl (C=O) groups is 1. The van der Waals surface area contributed by atoms with Crippen LogP contribution in [0.5, 0.6) is 0 Å². The van der Waals surface area contributed by atoms with Crippen LogP contribution in [0.3, 0.4) is 0 Å². The van der Waals surface area contributed by atoms with E-state index in [-0.39, 0.29) is 11.9 Å². The molecule has 1 fully saturated rings. The van der Waals surface area contributed by atoms with Gasteiger partial charge in [0.05, 0.1) is 6.04 Å². The van der Waals surface area contributed by atoms with Gasteiger partial charge in [-0.3, -0.25) is 9.78 Å². The van der Waals surface area contributed by atoms with E-state index in [1.54, 1.807) is 6.20 Å². The molecule has 2 aromatic heterocycles. The minimum absolute atomic E-state index is 0.0491. The smallest absolute Gasteiger partial charge is 0.251 e. The van der Waals surface area contributed by atoms with E-state index in [2.05, 4.69) is 15.3 Å². The van der Waals surface area contributed by atoms with Crippen molar-refractivity contribution in [3.05, 3.63) is 66.1 Å². The highest BCUT2D eigenvalue weighted by molar-refractivity contribution is 5.98. The van der Waals surface area contributed by atoms with Crippen LogP contribution in [-0.2, 0) is 4.74 Å². The quantitative estimate of drug-likeness (QED) is 0.767. The topological polar surface area (TPSA) is 67.0 Å². The van der Waals surface area contributed by atoms with Gasteiger partial charge in [-0.25, -0.2) is 0 Å². The minimum atomic E-state index is -0.0524. The van der Waals surface area contributed by atoms with Gasteiger partial charge in [-0.15, -0.1) is 0 Å². The Morgan fingerprint density at radius 3 is 2.92 bits per heavy atom. The van der Waals surface area contributed by atoms with E-state index < -0.39 is 0 Å². The summed E-state index contributed by atoms with van der Waals surface area (Å²) in [5, 5.41) is 4.27. The lowest BCUT2D eigenvalue weighted by Crippen LogP contribution is -2.36. The molecule has 0 saturated carbocycles. The van der Waals surface area contributed by atoms with E-state index in [4.69, 9.17) is 4.74 Å². The molecule has 4 rings (SSSR count). The Morgan fingerprint density at radius 1 is 1.24 bits per heavy atom. The number of H-pyrrole nitrogens is 1. The maximum absolute atomic E-state index is 12.9. The Kier molecular flexibility index (Phi) is 4.48. The lowest BCUT2D eigenvalue weighted by molar-refractivity contribution is 0.0513. The highest BCUT2D eigenvalue weighted by atomic mass is 16.5. The van der Waals surface area contributed by atoms with E-state index in [1.165, 1.54) is 0 Å². The lowest BCUT2D eigenvalue weighted by atomic mass is 9.87. The van der Waals surface area contributed by atoms with Crippen LogP contribution in [-0.4, -0.2) is 29.1 Å². The molecule has 1 atom stereocenters. The molecule has 25 heavy (non-hydrogen) atoms. The lowest BCUT2D eigenvalue weighted by Gasteiger charge is -2.31. The van der Waals surface area contributed by atoms with Crippen molar-refractivity contribution in [2.24, 2.45) is 5.92 Å². The van der Waals surface area contributed by atoms with Gasteiger partial charge in [0.25, 0.3) is 5.91 Å². The molecular formula is C20H21N3O2. The largest absolute Gasteiger partial charge is 0.381 e. The van der Waals surface area contributed by atoms with Crippen molar-refractivity contribution < 1.29 is 9.53 Å². The summed E-state index contributed by atoms with van der Waals surface area (Å²) in [4.78, 5) is 20.2. The number of nitrogens with one attached hydrogen (secondary N) is 2. The van der Waals surface area contributed by atoms with E-state index in [1.807, 2.05) is 48.8 Å². The molecule has 1 unspecified atom stereocenters. The number of hydrogen-bond donors (Lipinski definition) is 2. The fourth-order valence-electron chi connectivity index (χ4n) is 3.50. The van der Waals surface area contributed by atoms with Crippen LogP contribution in [0, 0.1) is 5.92 Å². The second-order valence-corrected chi connectivity index (χ2v) is 6.47. The van der Waals surface area contributed by atoms with E-state index in [0.29, 0.717) is 11.5 Å². The summed E-state index contributed by atoms with van der Waals surface area (Å²) in [5.41, 5.74) is 2.75. The number of rotatable bonds is 4. The third kappa shape index (κ3) is 3.42. The van der Waals surface area contributed by atoms with Gasteiger partial charge in [-0.1, -0.05) is 6.07 Å². The Morgan fingerprint density at radius 2 is 2.12 bits per heavy atom. The first-order valence-electron chi connectivity index (χ1n) is 8.67. The van der Waals surface area contributed by atoms with Gasteiger partial charge in [-0.05, 0) is 54.7 Å². The molecule has 5 nitrogen and oxygen atoms in total. The Bertz CT molecular complexity index is 854. The van der Waals surface area contributed by atoms with Crippen LogP contribution in [0.25, 0.3) is 10.9 Å². The van der Waals surface area contributed by atoms with Crippen LogP contribution in [0.2, 0.25) is 0 Å². The second-order valence-electron chi connectivity index (χ2n) is 6.47. The minimum Gasteiger partial charge on any atom is -0.381 e. The van der Waals surface area contributed by atoms with Gasteiger partial charge in [0.1, 0.15) is 0 Å². The molecule has 1 saturated heterocycles. The molecule has 3 aromatic rings. The third-order valence-electron chi connectivity index (χ3n) is 4.88. The van der Waals surface area contributed by atoms with Crippen molar-refractivity contribution in [1.29, 1.82) is 0 Å². The fraction of sp³-hybridized carbons (Fsp3) is 0.300. The second kappa shape index (κ2) is 7.07. The Balaban J connectivity index is 1.59. The summed E-state index contributed by atoms with van der Waals surface area (Å²) < 4.78 is 5.48. The monoisotopic (exact) mass is 335 g/mol. The van der Waals surface area contributed by atoms with Crippen LogP contribution >= 0.6 is 0 Å². The number of aromatic nitrogens is 2. The Labute approximate surface area is 146 Å². The van der Waals surface area contributed by atoms with Crippen molar-refractivity contribution in [2.45, 2.75) is 18.9 Å². The molecule has 1 aliphatic rings. The average Bonchev–Trinajstić information content (AvgIpc) is 3.15. The van der Waals surface area contributed by atoms with Gasteiger partial charge >= 0.3 is 0 Å². The fourth-order valence-corrected chi connectivity index (χ4v) is 3.50. The van der Waals surface area contributed by atoms with Gasteiger partial charge in [0.15, 0.2) is 0 Å². The molecule has 1 aliphatic heterocycles. The van der Waals surface area contributed by atoms with Crippen molar-refractivity contribution in [3.8, 4) is 0 Å². The third-order valence-corrected chi connectivity index (χ3v) is 4.88. The molecular weight excluding hydrogens is 314 g/mol. The number of amides is 1. The van der Waals surface area contributed by atoms with E-state index in [9.17, 15) is 4.79 Å². The maximum atomic E-state index is 12.9. The summed E-state index contributed by atoms with van der Waals surface area (Å²) in [7, 11) is 0. The zero-order chi connectivity index (χ0) is 17.1. The highest BCUT2D eigenvalue weighted by Gasteiger charge is 2.27. The predicted octanol–water partition coefficient (Wildman–Crippen LogP) is 3.46. The van der Waals surface area contributed by atoms with Crippen LogP contribution < -0.4 is 5.32 Å². The number of hydrogen-bond acceptors (Lipinski definition) is 3. The zero-order valence-electron chi connectivity index (χ0n) is 13.9. The van der Waals surface area contributed by atoms with Crippen LogP contribution in [0.15, 0.2) is 55.0 Å². The number of nitrogens with zero attached hydrogens (tertiary/aromatic N) is 1. The number of carbonyl (C=O) groups excluding carboxylic acids is 1. The van der Waals surface area contributed by atoms with Crippen LogP contribution in [0.4, 0.5) is 0 Å². The summed E-state index contributed by atoms with van der Waals surface area (Å²) in [6, 6.07) is 11.6. The first kappa shape index (κ1) is 15.8. The number of ether oxygens (including phenoxy) is 1. The molecule has 3 heterocycles.